The maximum absolute atomic E-state index is 13.4. The van der Waals surface area contributed by atoms with E-state index >= 15 is 0 Å². The van der Waals surface area contributed by atoms with Gasteiger partial charge in [0.1, 0.15) is 0 Å². The first-order chi connectivity index (χ1) is 13.2. The molecular formula is C22H30N2O3. The second kappa shape index (κ2) is 7.91. The fraction of sp³-hybridized carbons (Fsp3) is 0.636. The molecule has 0 radical (unpaired) electrons. The monoisotopic (exact) mass is 370 g/mol. The van der Waals surface area contributed by atoms with Crippen LogP contribution in [0.5, 0.6) is 0 Å². The number of amides is 2. The van der Waals surface area contributed by atoms with E-state index in [0.29, 0.717) is 31.2 Å². The first kappa shape index (κ1) is 18.3. The number of hydrogen-bond donors (Lipinski definition) is 0. The van der Waals surface area contributed by atoms with Crippen LogP contribution in [0.1, 0.15) is 37.7 Å². The van der Waals surface area contributed by atoms with Gasteiger partial charge in [0.25, 0.3) is 0 Å². The second-order valence-corrected chi connectivity index (χ2v) is 8.44. The van der Waals surface area contributed by atoms with Crippen molar-refractivity contribution < 1.29 is 14.3 Å². The fourth-order valence-electron chi connectivity index (χ4n) is 4.23. The third-order valence-corrected chi connectivity index (χ3v) is 6.21. The minimum Gasteiger partial charge on any atom is -0.469 e. The van der Waals surface area contributed by atoms with Gasteiger partial charge in [-0.25, -0.2) is 4.79 Å². The number of benzene rings is 1. The molecule has 2 atom stereocenters. The van der Waals surface area contributed by atoms with Crippen molar-refractivity contribution in [3.8, 4) is 0 Å². The highest BCUT2D eigenvalue weighted by Crippen LogP contribution is 2.36. The third-order valence-electron chi connectivity index (χ3n) is 6.21. The molecule has 3 fully saturated rings. The fourth-order valence-corrected chi connectivity index (χ4v) is 4.23. The summed E-state index contributed by atoms with van der Waals surface area (Å²) in [5.41, 5.74) is 1.17. The SMILES string of the molecule is COC(=O)C1CCN(CC2CC2)C(=O)N(CC2CC2)C1Cc1ccccc1. The summed E-state index contributed by atoms with van der Waals surface area (Å²) < 4.78 is 5.15. The normalized spacial score (nSPS) is 26.0. The van der Waals surface area contributed by atoms with Crippen molar-refractivity contribution in [2.24, 2.45) is 17.8 Å². The van der Waals surface area contributed by atoms with Gasteiger partial charge in [-0.05, 0) is 55.9 Å². The van der Waals surface area contributed by atoms with E-state index in [9.17, 15) is 9.59 Å². The van der Waals surface area contributed by atoms with E-state index in [4.69, 9.17) is 4.74 Å². The Balaban J connectivity index is 1.62. The first-order valence-electron chi connectivity index (χ1n) is 10.3. The van der Waals surface area contributed by atoms with Crippen LogP contribution in [0.15, 0.2) is 30.3 Å². The molecule has 1 aromatic carbocycles. The highest BCUT2D eigenvalue weighted by Gasteiger charge is 2.43. The van der Waals surface area contributed by atoms with Gasteiger partial charge in [0.05, 0.1) is 19.1 Å². The van der Waals surface area contributed by atoms with E-state index in [1.54, 1.807) is 0 Å². The number of esters is 1. The Labute approximate surface area is 161 Å². The van der Waals surface area contributed by atoms with Crippen LogP contribution in [0.25, 0.3) is 0 Å². The average Bonchev–Trinajstić information content (AvgIpc) is 3.59. The number of nitrogens with zero attached hydrogens (tertiary/aromatic N) is 2. The lowest BCUT2D eigenvalue weighted by molar-refractivity contribution is -0.147. The molecule has 5 heteroatoms. The number of urea groups is 1. The smallest absolute Gasteiger partial charge is 0.320 e. The maximum atomic E-state index is 13.4. The topological polar surface area (TPSA) is 49.9 Å². The number of ether oxygens (including phenoxy) is 1. The molecule has 5 nitrogen and oxygen atoms in total. The lowest BCUT2D eigenvalue weighted by atomic mass is 9.90. The van der Waals surface area contributed by atoms with Crippen molar-refractivity contribution in [3.05, 3.63) is 35.9 Å². The van der Waals surface area contributed by atoms with Gasteiger partial charge in [0.2, 0.25) is 0 Å². The van der Waals surface area contributed by atoms with Crippen LogP contribution < -0.4 is 0 Å². The van der Waals surface area contributed by atoms with Crippen molar-refractivity contribution in [2.45, 2.75) is 44.6 Å². The third kappa shape index (κ3) is 4.45. The van der Waals surface area contributed by atoms with Gasteiger partial charge in [0, 0.05) is 19.6 Å². The van der Waals surface area contributed by atoms with Crippen molar-refractivity contribution in [1.82, 2.24) is 9.80 Å². The van der Waals surface area contributed by atoms with Gasteiger partial charge in [-0.3, -0.25) is 4.79 Å². The quantitative estimate of drug-likeness (QED) is 0.692. The number of carbonyl (C=O) groups is 2. The number of hydrogen-bond acceptors (Lipinski definition) is 3. The molecule has 2 aliphatic carbocycles. The molecule has 1 saturated heterocycles. The van der Waals surface area contributed by atoms with Crippen LogP contribution in [-0.2, 0) is 16.0 Å². The van der Waals surface area contributed by atoms with E-state index in [0.717, 1.165) is 13.1 Å². The molecular weight excluding hydrogens is 340 g/mol. The van der Waals surface area contributed by atoms with Crippen molar-refractivity contribution >= 4 is 12.0 Å². The Bertz CT molecular complexity index is 669. The molecule has 1 heterocycles. The summed E-state index contributed by atoms with van der Waals surface area (Å²) in [7, 11) is 1.46. The van der Waals surface area contributed by atoms with E-state index in [1.807, 2.05) is 28.0 Å². The molecule has 0 spiro atoms. The van der Waals surface area contributed by atoms with Gasteiger partial charge in [0.15, 0.2) is 0 Å². The van der Waals surface area contributed by atoms with Crippen molar-refractivity contribution in [2.75, 3.05) is 26.7 Å². The Morgan fingerprint density at radius 1 is 1.04 bits per heavy atom. The van der Waals surface area contributed by atoms with E-state index in [1.165, 1.54) is 38.4 Å². The van der Waals surface area contributed by atoms with Crippen LogP contribution in [0.4, 0.5) is 4.79 Å². The summed E-state index contributed by atoms with van der Waals surface area (Å²) >= 11 is 0. The van der Waals surface area contributed by atoms with Crippen LogP contribution in [0.3, 0.4) is 0 Å². The summed E-state index contributed by atoms with van der Waals surface area (Å²) in [4.78, 5) is 30.1. The van der Waals surface area contributed by atoms with Crippen molar-refractivity contribution in [3.63, 3.8) is 0 Å². The molecule has 4 rings (SSSR count). The Hall–Kier alpha value is -2.04. The predicted octanol–water partition coefficient (Wildman–Crippen LogP) is 3.33. The molecule has 1 aromatic rings. The molecule has 0 bridgehead atoms. The Kier molecular flexibility index (Phi) is 5.37. The molecule has 2 amide bonds. The largest absolute Gasteiger partial charge is 0.469 e. The Morgan fingerprint density at radius 3 is 2.33 bits per heavy atom. The maximum Gasteiger partial charge on any atom is 0.320 e. The second-order valence-electron chi connectivity index (χ2n) is 8.44. The molecule has 2 unspecified atom stereocenters. The number of methoxy groups -OCH3 is 1. The van der Waals surface area contributed by atoms with Gasteiger partial charge < -0.3 is 14.5 Å². The zero-order valence-corrected chi connectivity index (χ0v) is 16.2. The average molecular weight is 370 g/mol. The molecule has 146 valence electrons. The van der Waals surface area contributed by atoms with Crippen molar-refractivity contribution in [1.29, 1.82) is 0 Å². The van der Waals surface area contributed by atoms with Gasteiger partial charge in [-0.2, -0.15) is 0 Å². The lowest BCUT2D eigenvalue weighted by Gasteiger charge is -2.35. The van der Waals surface area contributed by atoms with Gasteiger partial charge >= 0.3 is 12.0 Å². The summed E-state index contributed by atoms with van der Waals surface area (Å²) in [6, 6.07) is 10.2. The number of carbonyl (C=O) groups excluding carboxylic acids is 2. The minimum atomic E-state index is -0.262. The lowest BCUT2D eigenvalue weighted by Crippen LogP contribution is -2.51. The van der Waals surface area contributed by atoms with Gasteiger partial charge in [-0.1, -0.05) is 30.3 Å². The summed E-state index contributed by atoms with van der Waals surface area (Å²) in [5, 5.41) is 0. The highest BCUT2D eigenvalue weighted by molar-refractivity contribution is 5.79. The molecule has 3 aliphatic rings. The first-order valence-corrected chi connectivity index (χ1v) is 10.3. The van der Waals surface area contributed by atoms with Crippen LogP contribution in [-0.4, -0.2) is 54.6 Å². The standard InChI is InChI=1S/C22H30N2O3/c1-27-21(25)19-11-12-23(14-17-7-8-17)22(26)24(15-18-9-10-18)20(19)13-16-5-3-2-4-6-16/h2-6,17-20H,7-15H2,1H3. The number of rotatable bonds is 7. The van der Waals surface area contributed by atoms with E-state index in [-0.39, 0.29) is 24.0 Å². The summed E-state index contributed by atoms with van der Waals surface area (Å²) in [6.45, 7) is 2.26. The van der Waals surface area contributed by atoms with Crippen LogP contribution in [0, 0.1) is 17.8 Å². The van der Waals surface area contributed by atoms with Gasteiger partial charge in [-0.15, -0.1) is 0 Å². The molecule has 0 N–H and O–H groups in total. The van der Waals surface area contributed by atoms with Crippen LogP contribution >= 0.6 is 0 Å². The summed E-state index contributed by atoms with van der Waals surface area (Å²) in [5.74, 6) is 0.797. The zero-order chi connectivity index (χ0) is 18.8. The Morgan fingerprint density at radius 2 is 1.70 bits per heavy atom. The molecule has 0 aromatic heterocycles. The molecule has 27 heavy (non-hydrogen) atoms. The van der Waals surface area contributed by atoms with Crippen LogP contribution in [0.2, 0.25) is 0 Å². The minimum absolute atomic E-state index is 0.126. The van der Waals surface area contributed by atoms with E-state index < -0.39 is 0 Å². The zero-order valence-electron chi connectivity index (χ0n) is 16.2. The highest BCUT2D eigenvalue weighted by atomic mass is 16.5. The molecule has 1 aliphatic heterocycles. The molecule has 2 saturated carbocycles. The predicted molar refractivity (Wildman–Crippen MR) is 103 cm³/mol. The van der Waals surface area contributed by atoms with E-state index in [2.05, 4.69) is 12.1 Å². The summed E-state index contributed by atoms with van der Waals surface area (Å²) in [6.07, 6.45) is 6.21.